The maximum atomic E-state index is 10.7. The summed E-state index contributed by atoms with van der Waals surface area (Å²) in [5.74, 6) is 1.32. The molecule has 1 aliphatic carbocycles. The summed E-state index contributed by atoms with van der Waals surface area (Å²) < 4.78 is 0. The van der Waals surface area contributed by atoms with E-state index < -0.39 is 0 Å². The lowest BCUT2D eigenvalue weighted by Gasteiger charge is -2.14. The van der Waals surface area contributed by atoms with E-state index in [1.165, 1.54) is 12.8 Å². The standard InChI is InChI=1S/C8H13ClO/c1-5(7-3-4-7)6(2)8(9)10/h5-7H,3-4H2,1-2H3. The summed E-state index contributed by atoms with van der Waals surface area (Å²) in [7, 11) is 0. The van der Waals surface area contributed by atoms with Crippen LogP contribution in [0.15, 0.2) is 0 Å². The largest absolute Gasteiger partial charge is 0.281 e. The molecule has 2 unspecified atom stereocenters. The third-order valence-corrected chi connectivity index (χ3v) is 2.86. The molecule has 58 valence electrons. The van der Waals surface area contributed by atoms with E-state index in [0.717, 1.165) is 5.92 Å². The molecular formula is C8H13ClO. The Morgan fingerprint density at radius 1 is 1.50 bits per heavy atom. The monoisotopic (exact) mass is 160 g/mol. The van der Waals surface area contributed by atoms with Crippen molar-refractivity contribution in [1.82, 2.24) is 0 Å². The Morgan fingerprint density at radius 2 is 2.00 bits per heavy atom. The molecule has 0 aliphatic heterocycles. The summed E-state index contributed by atoms with van der Waals surface area (Å²) >= 11 is 5.36. The van der Waals surface area contributed by atoms with E-state index in [1.54, 1.807) is 0 Å². The van der Waals surface area contributed by atoms with E-state index in [2.05, 4.69) is 6.92 Å². The van der Waals surface area contributed by atoms with E-state index in [4.69, 9.17) is 11.6 Å². The van der Waals surface area contributed by atoms with Crippen LogP contribution < -0.4 is 0 Å². The molecule has 0 heterocycles. The second kappa shape index (κ2) is 2.91. The smallest absolute Gasteiger partial charge is 0.224 e. The Hall–Kier alpha value is -0.0400. The van der Waals surface area contributed by atoms with Gasteiger partial charge in [0.05, 0.1) is 0 Å². The Labute approximate surface area is 66.8 Å². The maximum Gasteiger partial charge on any atom is 0.224 e. The summed E-state index contributed by atoms with van der Waals surface area (Å²) in [5, 5.41) is -0.181. The van der Waals surface area contributed by atoms with Gasteiger partial charge in [-0.1, -0.05) is 13.8 Å². The zero-order valence-electron chi connectivity index (χ0n) is 6.43. The fourth-order valence-corrected chi connectivity index (χ4v) is 1.44. The molecule has 0 N–H and O–H groups in total. The van der Waals surface area contributed by atoms with Gasteiger partial charge < -0.3 is 0 Å². The number of halogens is 1. The van der Waals surface area contributed by atoms with Crippen LogP contribution in [0.25, 0.3) is 0 Å². The zero-order valence-corrected chi connectivity index (χ0v) is 7.19. The third kappa shape index (κ3) is 1.72. The second-order valence-electron chi connectivity index (χ2n) is 3.29. The minimum Gasteiger partial charge on any atom is -0.281 e. The second-order valence-corrected chi connectivity index (χ2v) is 3.66. The Balaban J connectivity index is 2.38. The van der Waals surface area contributed by atoms with Crippen LogP contribution in [0.4, 0.5) is 0 Å². The topological polar surface area (TPSA) is 17.1 Å². The molecule has 1 saturated carbocycles. The number of hydrogen-bond donors (Lipinski definition) is 0. The van der Waals surface area contributed by atoms with Gasteiger partial charge in [0.25, 0.3) is 0 Å². The van der Waals surface area contributed by atoms with Crippen LogP contribution in [0.5, 0.6) is 0 Å². The fraction of sp³-hybridized carbons (Fsp3) is 0.875. The highest BCUT2D eigenvalue weighted by molar-refractivity contribution is 6.63. The van der Waals surface area contributed by atoms with Crippen molar-refractivity contribution >= 4 is 16.8 Å². The minimum absolute atomic E-state index is 0.0502. The van der Waals surface area contributed by atoms with Crippen LogP contribution in [-0.4, -0.2) is 5.24 Å². The average Bonchev–Trinajstić information content (AvgIpc) is 2.65. The van der Waals surface area contributed by atoms with Gasteiger partial charge in [0.2, 0.25) is 5.24 Å². The Kier molecular flexibility index (Phi) is 2.35. The number of rotatable bonds is 3. The zero-order chi connectivity index (χ0) is 7.72. The predicted molar refractivity (Wildman–Crippen MR) is 41.9 cm³/mol. The van der Waals surface area contributed by atoms with Crippen LogP contribution >= 0.6 is 11.6 Å². The first-order valence-corrected chi connectivity index (χ1v) is 4.20. The van der Waals surface area contributed by atoms with Crippen molar-refractivity contribution in [2.45, 2.75) is 26.7 Å². The summed E-state index contributed by atoms with van der Waals surface area (Å²) in [6, 6.07) is 0. The molecule has 2 heteroatoms. The molecular weight excluding hydrogens is 148 g/mol. The molecule has 1 aliphatic rings. The van der Waals surface area contributed by atoms with Crippen molar-refractivity contribution in [1.29, 1.82) is 0 Å². The number of carbonyl (C=O) groups excluding carboxylic acids is 1. The number of carbonyl (C=O) groups is 1. The van der Waals surface area contributed by atoms with Gasteiger partial charge in [0.15, 0.2) is 0 Å². The number of hydrogen-bond acceptors (Lipinski definition) is 1. The van der Waals surface area contributed by atoms with Crippen molar-refractivity contribution < 1.29 is 4.79 Å². The van der Waals surface area contributed by atoms with Crippen molar-refractivity contribution in [3.8, 4) is 0 Å². The molecule has 0 saturated heterocycles. The maximum absolute atomic E-state index is 10.7. The fourth-order valence-electron chi connectivity index (χ4n) is 1.24. The average molecular weight is 161 g/mol. The van der Waals surface area contributed by atoms with Crippen LogP contribution in [-0.2, 0) is 4.79 Å². The molecule has 10 heavy (non-hydrogen) atoms. The van der Waals surface area contributed by atoms with Gasteiger partial charge >= 0.3 is 0 Å². The Bertz CT molecular complexity index is 140. The van der Waals surface area contributed by atoms with Crippen LogP contribution in [0.3, 0.4) is 0 Å². The molecule has 0 aromatic rings. The van der Waals surface area contributed by atoms with E-state index in [-0.39, 0.29) is 11.2 Å². The van der Waals surface area contributed by atoms with Gasteiger partial charge in [-0.3, -0.25) is 4.79 Å². The van der Waals surface area contributed by atoms with Gasteiger partial charge in [-0.05, 0) is 36.3 Å². The van der Waals surface area contributed by atoms with Crippen LogP contribution in [0.1, 0.15) is 26.7 Å². The SMILES string of the molecule is CC(C(=O)Cl)C(C)C1CC1. The lowest BCUT2D eigenvalue weighted by atomic mass is 9.93. The van der Waals surface area contributed by atoms with Crippen molar-refractivity contribution in [2.24, 2.45) is 17.8 Å². The molecule has 1 rings (SSSR count). The molecule has 2 atom stereocenters. The van der Waals surface area contributed by atoms with Gasteiger partial charge in [0.1, 0.15) is 0 Å². The summed E-state index contributed by atoms with van der Waals surface area (Å²) in [4.78, 5) is 10.7. The highest BCUT2D eigenvalue weighted by atomic mass is 35.5. The normalized spacial score (nSPS) is 23.9. The quantitative estimate of drug-likeness (QED) is 0.580. The molecule has 0 aromatic heterocycles. The first-order valence-electron chi connectivity index (χ1n) is 3.82. The summed E-state index contributed by atoms with van der Waals surface area (Å²) in [6.45, 7) is 4.03. The molecule has 0 aromatic carbocycles. The van der Waals surface area contributed by atoms with Crippen LogP contribution in [0, 0.1) is 17.8 Å². The van der Waals surface area contributed by atoms with Crippen molar-refractivity contribution in [3.05, 3.63) is 0 Å². The molecule has 1 fully saturated rings. The lowest BCUT2D eigenvalue weighted by molar-refractivity contribution is -0.116. The van der Waals surface area contributed by atoms with Gasteiger partial charge in [-0.15, -0.1) is 0 Å². The highest BCUT2D eigenvalue weighted by Gasteiger charge is 2.33. The Morgan fingerprint density at radius 3 is 2.30 bits per heavy atom. The van der Waals surface area contributed by atoms with Crippen molar-refractivity contribution in [2.75, 3.05) is 0 Å². The molecule has 0 amide bonds. The van der Waals surface area contributed by atoms with E-state index >= 15 is 0 Å². The van der Waals surface area contributed by atoms with E-state index in [9.17, 15) is 4.79 Å². The summed E-state index contributed by atoms with van der Waals surface area (Å²) in [6.07, 6.45) is 2.57. The molecule has 0 spiro atoms. The first-order chi connectivity index (χ1) is 4.63. The summed E-state index contributed by atoms with van der Waals surface area (Å²) in [5.41, 5.74) is 0. The van der Waals surface area contributed by atoms with E-state index in [0.29, 0.717) is 5.92 Å². The van der Waals surface area contributed by atoms with Gasteiger partial charge in [0, 0.05) is 5.92 Å². The molecule has 0 radical (unpaired) electrons. The van der Waals surface area contributed by atoms with Crippen molar-refractivity contribution in [3.63, 3.8) is 0 Å². The lowest BCUT2D eigenvalue weighted by Crippen LogP contribution is -2.15. The minimum atomic E-state index is -0.181. The van der Waals surface area contributed by atoms with E-state index in [1.807, 2.05) is 6.92 Å². The first kappa shape index (κ1) is 8.06. The van der Waals surface area contributed by atoms with Gasteiger partial charge in [-0.2, -0.15) is 0 Å². The third-order valence-electron chi connectivity index (χ3n) is 2.51. The predicted octanol–water partition coefficient (Wildman–Crippen LogP) is 2.43. The highest BCUT2D eigenvalue weighted by Crippen LogP contribution is 2.40. The molecule has 1 nitrogen and oxygen atoms in total. The van der Waals surface area contributed by atoms with Crippen LogP contribution in [0.2, 0.25) is 0 Å². The van der Waals surface area contributed by atoms with Gasteiger partial charge in [-0.25, -0.2) is 0 Å². The molecule has 0 bridgehead atoms.